The van der Waals surface area contributed by atoms with E-state index in [0.717, 1.165) is 6.07 Å². The van der Waals surface area contributed by atoms with Crippen LogP contribution in [0.25, 0.3) is 0 Å². The van der Waals surface area contributed by atoms with Crippen molar-refractivity contribution in [3.8, 4) is 11.5 Å². The van der Waals surface area contributed by atoms with Gasteiger partial charge in [0.2, 0.25) is 0 Å². The third-order valence-corrected chi connectivity index (χ3v) is 3.69. The van der Waals surface area contributed by atoms with Crippen molar-refractivity contribution in [2.75, 3.05) is 45.0 Å². The number of nitrogens with one attached hydrogen (secondary N) is 3. The zero-order valence-corrected chi connectivity index (χ0v) is 18.5. The lowest BCUT2D eigenvalue weighted by molar-refractivity contribution is -0.137. The summed E-state index contributed by atoms with van der Waals surface area (Å²) in [5.41, 5.74) is -0.0920. The number of hydrogen-bond acceptors (Lipinski definition) is 5. The van der Waals surface area contributed by atoms with Gasteiger partial charge in [0.25, 0.3) is 0 Å². The van der Waals surface area contributed by atoms with Crippen LogP contribution in [0.2, 0.25) is 0 Å². The predicted molar refractivity (Wildman–Crippen MR) is 118 cm³/mol. The minimum Gasteiger partial charge on any atom is -0.493 e. The Morgan fingerprint density at radius 3 is 2.45 bits per heavy atom. The van der Waals surface area contributed by atoms with Gasteiger partial charge in [-0.3, -0.25) is 4.99 Å². The van der Waals surface area contributed by atoms with Crippen LogP contribution in [0, 0.1) is 0 Å². The first kappa shape index (κ1) is 24.6. The lowest BCUT2D eigenvalue weighted by Crippen LogP contribution is -2.34. The predicted octanol–water partition coefficient (Wildman–Crippen LogP) is 3.84. The molecular weight excluding hydrogens is 502 g/mol. The number of ether oxygens (including phenoxy) is 2. The average molecular weight is 525 g/mol. The minimum atomic E-state index is -4.46. The molecule has 2 rings (SSSR count). The molecular formula is C18H23F3IN5O2. The molecule has 0 spiro atoms. The van der Waals surface area contributed by atoms with Gasteiger partial charge in [0.1, 0.15) is 5.82 Å². The molecule has 0 amide bonds. The van der Waals surface area contributed by atoms with E-state index < -0.39 is 11.7 Å². The third kappa shape index (κ3) is 7.15. The number of anilines is 2. The molecule has 1 heterocycles. The highest BCUT2D eigenvalue weighted by molar-refractivity contribution is 14.0. The van der Waals surface area contributed by atoms with Gasteiger partial charge in [-0.1, -0.05) is 0 Å². The summed E-state index contributed by atoms with van der Waals surface area (Å²) in [6, 6.07) is 7.51. The van der Waals surface area contributed by atoms with E-state index in [2.05, 4.69) is 25.9 Å². The van der Waals surface area contributed by atoms with Crippen molar-refractivity contribution in [1.82, 2.24) is 10.3 Å². The van der Waals surface area contributed by atoms with Crippen molar-refractivity contribution in [3.05, 3.63) is 42.1 Å². The number of benzene rings is 1. The van der Waals surface area contributed by atoms with Crippen LogP contribution in [-0.2, 0) is 6.18 Å². The first-order valence-corrected chi connectivity index (χ1v) is 8.34. The summed E-state index contributed by atoms with van der Waals surface area (Å²) in [6.07, 6.45) is -3.16. The Labute approximate surface area is 184 Å². The number of methoxy groups -OCH3 is 2. The fourth-order valence-electron chi connectivity index (χ4n) is 2.37. The van der Waals surface area contributed by atoms with E-state index in [1.807, 2.05) is 0 Å². The molecule has 0 radical (unpaired) electrons. The molecule has 0 bridgehead atoms. The number of aromatic nitrogens is 1. The molecule has 0 aliphatic heterocycles. The number of hydrogen-bond donors (Lipinski definition) is 3. The number of alkyl halides is 3. The van der Waals surface area contributed by atoms with E-state index in [4.69, 9.17) is 9.47 Å². The maximum absolute atomic E-state index is 13.0. The first-order chi connectivity index (χ1) is 13.4. The quantitative estimate of drug-likeness (QED) is 0.221. The van der Waals surface area contributed by atoms with Crippen molar-refractivity contribution >= 4 is 41.4 Å². The summed E-state index contributed by atoms with van der Waals surface area (Å²) in [7, 11) is 4.67. The monoisotopic (exact) mass is 525 g/mol. The minimum absolute atomic E-state index is 0. The fraction of sp³-hybridized carbons (Fsp3) is 0.333. The van der Waals surface area contributed by atoms with Crippen LogP contribution in [0.3, 0.4) is 0 Å². The van der Waals surface area contributed by atoms with E-state index in [9.17, 15) is 13.2 Å². The van der Waals surface area contributed by atoms with E-state index in [-0.39, 0.29) is 36.3 Å². The van der Waals surface area contributed by atoms with Crippen molar-refractivity contribution in [1.29, 1.82) is 0 Å². The van der Waals surface area contributed by atoms with Gasteiger partial charge in [0.05, 0.1) is 19.8 Å². The summed E-state index contributed by atoms with van der Waals surface area (Å²) >= 11 is 0. The second-order valence-electron chi connectivity index (χ2n) is 5.52. The average Bonchev–Trinajstić information content (AvgIpc) is 2.69. The van der Waals surface area contributed by atoms with E-state index >= 15 is 0 Å². The van der Waals surface area contributed by atoms with Crippen LogP contribution in [0.4, 0.5) is 24.7 Å². The molecule has 0 unspecified atom stereocenters. The van der Waals surface area contributed by atoms with Gasteiger partial charge in [-0.05, 0) is 24.3 Å². The van der Waals surface area contributed by atoms with Crippen LogP contribution < -0.4 is 25.4 Å². The van der Waals surface area contributed by atoms with Gasteiger partial charge in [-0.2, -0.15) is 13.2 Å². The largest absolute Gasteiger partial charge is 0.493 e. The number of nitrogens with zero attached hydrogens (tertiary/aromatic N) is 2. The van der Waals surface area contributed by atoms with Crippen molar-refractivity contribution in [2.45, 2.75) is 6.18 Å². The van der Waals surface area contributed by atoms with Crippen molar-refractivity contribution < 1.29 is 22.6 Å². The summed E-state index contributed by atoms with van der Waals surface area (Å²) in [5.74, 6) is 1.39. The van der Waals surface area contributed by atoms with Crippen molar-refractivity contribution in [2.24, 2.45) is 4.99 Å². The van der Waals surface area contributed by atoms with E-state index in [1.165, 1.54) is 19.4 Å². The van der Waals surface area contributed by atoms with Crippen LogP contribution in [-0.4, -0.2) is 45.3 Å². The highest BCUT2D eigenvalue weighted by atomic mass is 127. The molecule has 160 valence electrons. The molecule has 0 saturated heterocycles. The topological polar surface area (TPSA) is 79.8 Å². The molecule has 0 aliphatic rings. The SMILES string of the molecule is CN=C(NCCNc1ncccc1C(F)(F)F)Nc1ccc(OC)c(OC)c1.I. The van der Waals surface area contributed by atoms with E-state index in [0.29, 0.717) is 29.7 Å². The van der Waals surface area contributed by atoms with Crippen LogP contribution in [0.15, 0.2) is 41.5 Å². The molecule has 1 aromatic carbocycles. The molecule has 0 fully saturated rings. The lowest BCUT2D eigenvalue weighted by atomic mass is 10.2. The van der Waals surface area contributed by atoms with E-state index in [1.54, 1.807) is 32.4 Å². The highest BCUT2D eigenvalue weighted by Crippen LogP contribution is 2.33. The summed E-state index contributed by atoms with van der Waals surface area (Å²) < 4.78 is 49.3. The molecule has 29 heavy (non-hydrogen) atoms. The maximum Gasteiger partial charge on any atom is 0.419 e. The van der Waals surface area contributed by atoms with Gasteiger partial charge in [-0.15, -0.1) is 24.0 Å². The smallest absolute Gasteiger partial charge is 0.419 e. The molecule has 1 aromatic heterocycles. The summed E-state index contributed by atoms with van der Waals surface area (Å²) in [4.78, 5) is 7.84. The van der Waals surface area contributed by atoms with Gasteiger partial charge in [0.15, 0.2) is 17.5 Å². The Morgan fingerprint density at radius 1 is 1.10 bits per heavy atom. The third-order valence-electron chi connectivity index (χ3n) is 3.69. The fourth-order valence-corrected chi connectivity index (χ4v) is 2.37. The molecule has 0 saturated carbocycles. The highest BCUT2D eigenvalue weighted by Gasteiger charge is 2.33. The molecule has 0 aliphatic carbocycles. The number of halogens is 4. The number of rotatable bonds is 7. The second kappa shape index (κ2) is 11.5. The molecule has 2 aromatic rings. The molecule has 11 heteroatoms. The maximum atomic E-state index is 13.0. The number of aliphatic imine (C=N–C) groups is 1. The van der Waals surface area contributed by atoms with Gasteiger partial charge >= 0.3 is 6.18 Å². The standard InChI is InChI=1S/C18H22F3N5O2.HI/c1-22-17(26-12-6-7-14(27-2)15(11-12)28-3)25-10-9-24-16-13(18(19,20)21)5-4-8-23-16;/h4-8,11H,9-10H2,1-3H3,(H,23,24)(H2,22,25,26);1H. The Kier molecular flexibility index (Phi) is 9.78. The Hall–Kier alpha value is -2.44. The zero-order chi connectivity index (χ0) is 20.6. The first-order valence-electron chi connectivity index (χ1n) is 8.34. The Balaban J connectivity index is 0.00000420. The molecule has 3 N–H and O–H groups in total. The Bertz CT molecular complexity index is 818. The normalized spacial score (nSPS) is 11.3. The van der Waals surface area contributed by atoms with Crippen LogP contribution in [0.1, 0.15) is 5.56 Å². The van der Waals surface area contributed by atoms with Crippen LogP contribution in [0.5, 0.6) is 11.5 Å². The number of pyridine rings is 1. The molecule has 7 nitrogen and oxygen atoms in total. The van der Waals surface area contributed by atoms with Crippen molar-refractivity contribution in [3.63, 3.8) is 0 Å². The van der Waals surface area contributed by atoms with Crippen LogP contribution >= 0.6 is 24.0 Å². The molecule has 0 atom stereocenters. The second-order valence-corrected chi connectivity index (χ2v) is 5.52. The summed E-state index contributed by atoms with van der Waals surface area (Å²) in [6.45, 7) is 0.535. The van der Waals surface area contributed by atoms with Gasteiger partial charge in [0, 0.05) is 38.1 Å². The lowest BCUT2D eigenvalue weighted by Gasteiger charge is -2.15. The number of guanidine groups is 1. The zero-order valence-electron chi connectivity index (χ0n) is 16.1. The Morgan fingerprint density at radius 2 is 1.83 bits per heavy atom. The van der Waals surface area contributed by atoms with Gasteiger partial charge in [-0.25, -0.2) is 4.98 Å². The van der Waals surface area contributed by atoms with Gasteiger partial charge < -0.3 is 25.4 Å². The summed E-state index contributed by atoms with van der Waals surface area (Å²) in [5, 5.41) is 8.76.